The average molecular weight is 426 g/mol. The molecule has 2 rings (SSSR count). The standard InChI is InChI=1S/C17H20BrN3O3S/c1-12(2)21-25(23,24)11-14-6-4-3-5-13(14)9-20-17(22)15-7-16(18)10-19-8-15/h3-8,10,12,21H,9,11H2,1-2H3,(H,20,22). The van der Waals surface area contributed by atoms with Crippen LogP contribution in [0.25, 0.3) is 0 Å². The van der Waals surface area contributed by atoms with Gasteiger partial charge >= 0.3 is 0 Å². The van der Waals surface area contributed by atoms with E-state index in [0.29, 0.717) is 15.6 Å². The van der Waals surface area contributed by atoms with Crippen LogP contribution in [0.3, 0.4) is 0 Å². The fourth-order valence-electron chi connectivity index (χ4n) is 2.29. The summed E-state index contributed by atoms with van der Waals surface area (Å²) in [6.07, 6.45) is 3.07. The van der Waals surface area contributed by atoms with Crippen LogP contribution in [0.5, 0.6) is 0 Å². The Morgan fingerprint density at radius 3 is 2.52 bits per heavy atom. The Hall–Kier alpha value is -1.77. The van der Waals surface area contributed by atoms with Crippen molar-refractivity contribution in [2.24, 2.45) is 0 Å². The van der Waals surface area contributed by atoms with E-state index in [-0.39, 0.29) is 24.2 Å². The second-order valence-corrected chi connectivity index (χ2v) is 8.54. The van der Waals surface area contributed by atoms with Gasteiger partial charge in [0.1, 0.15) is 0 Å². The molecule has 0 bridgehead atoms. The Morgan fingerprint density at radius 1 is 1.20 bits per heavy atom. The van der Waals surface area contributed by atoms with Gasteiger partial charge in [-0.2, -0.15) is 0 Å². The summed E-state index contributed by atoms with van der Waals surface area (Å²) in [5, 5.41) is 2.79. The summed E-state index contributed by atoms with van der Waals surface area (Å²) in [4.78, 5) is 16.2. The van der Waals surface area contributed by atoms with Crippen LogP contribution in [0.1, 0.15) is 35.3 Å². The number of benzene rings is 1. The number of pyridine rings is 1. The molecule has 0 aliphatic rings. The summed E-state index contributed by atoms with van der Waals surface area (Å²) in [5.41, 5.74) is 1.84. The normalized spacial score (nSPS) is 11.5. The minimum absolute atomic E-state index is 0.129. The number of nitrogens with zero attached hydrogens (tertiary/aromatic N) is 1. The van der Waals surface area contributed by atoms with E-state index < -0.39 is 10.0 Å². The van der Waals surface area contributed by atoms with Crippen LogP contribution in [0.15, 0.2) is 47.2 Å². The van der Waals surface area contributed by atoms with Gasteiger partial charge < -0.3 is 5.32 Å². The fourth-order valence-corrected chi connectivity index (χ4v) is 4.15. The first-order chi connectivity index (χ1) is 11.8. The molecule has 1 aromatic carbocycles. The summed E-state index contributed by atoms with van der Waals surface area (Å²) in [7, 11) is -3.43. The maximum Gasteiger partial charge on any atom is 0.253 e. The predicted octanol–water partition coefficient (Wildman–Crippen LogP) is 2.60. The summed E-state index contributed by atoms with van der Waals surface area (Å²) >= 11 is 3.27. The average Bonchev–Trinajstić information content (AvgIpc) is 2.52. The maximum absolute atomic E-state index is 12.2. The number of halogens is 1. The van der Waals surface area contributed by atoms with E-state index in [9.17, 15) is 13.2 Å². The number of carbonyl (C=O) groups is 1. The molecular formula is C17H20BrN3O3S. The molecular weight excluding hydrogens is 406 g/mol. The number of aromatic nitrogens is 1. The molecule has 0 unspecified atom stereocenters. The van der Waals surface area contributed by atoms with Crippen molar-refractivity contribution in [3.8, 4) is 0 Å². The number of hydrogen-bond donors (Lipinski definition) is 2. The molecule has 6 nitrogen and oxygen atoms in total. The molecule has 0 atom stereocenters. The van der Waals surface area contributed by atoms with E-state index in [1.807, 2.05) is 6.07 Å². The highest BCUT2D eigenvalue weighted by atomic mass is 79.9. The van der Waals surface area contributed by atoms with E-state index in [1.165, 1.54) is 6.20 Å². The van der Waals surface area contributed by atoms with E-state index in [0.717, 1.165) is 5.56 Å². The molecule has 0 saturated heterocycles. The number of sulfonamides is 1. The van der Waals surface area contributed by atoms with Gasteiger partial charge in [0.15, 0.2) is 0 Å². The van der Waals surface area contributed by atoms with E-state index in [1.54, 1.807) is 44.3 Å². The number of hydrogen-bond acceptors (Lipinski definition) is 4. The zero-order chi connectivity index (χ0) is 18.4. The van der Waals surface area contributed by atoms with Crippen LogP contribution in [-0.4, -0.2) is 25.4 Å². The van der Waals surface area contributed by atoms with Gasteiger partial charge in [0, 0.05) is 29.5 Å². The van der Waals surface area contributed by atoms with Crippen molar-refractivity contribution >= 4 is 31.9 Å². The molecule has 0 spiro atoms. The van der Waals surface area contributed by atoms with Crippen LogP contribution in [0, 0.1) is 0 Å². The Labute approximate surface area is 156 Å². The lowest BCUT2D eigenvalue weighted by atomic mass is 10.1. The zero-order valence-electron chi connectivity index (χ0n) is 14.0. The second-order valence-electron chi connectivity index (χ2n) is 5.87. The molecule has 0 radical (unpaired) electrons. The van der Waals surface area contributed by atoms with Gasteiger partial charge in [-0.25, -0.2) is 13.1 Å². The highest BCUT2D eigenvalue weighted by Crippen LogP contribution is 2.13. The fraction of sp³-hybridized carbons (Fsp3) is 0.294. The van der Waals surface area contributed by atoms with Gasteiger partial charge in [-0.15, -0.1) is 0 Å². The van der Waals surface area contributed by atoms with E-state index in [2.05, 4.69) is 31.0 Å². The highest BCUT2D eigenvalue weighted by molar-refractivity contribution is 9.10. The van der Waals surface area contributed by atoms with E-state index >= 15 is 0 Å². The lowest BCUT2D eigenvalue weighted by Gasteiger charge is -2.13. The maximum atomic E-state index is 12.2. The molecule has 25 heavy (non-hydrogen) atoms. The summed E-state index contributed by atoms with van der Waals surface area (Å²) in [6.45, 7) is 3.78. The van der Waals surface area contributed by atoms with Crippen molar-refractivity contribution < 1.29 is 13.2 Å². The monoisotopic (exact) mass is 425 g/mol. The molecule has 134 valence electrons. The van der Waals surface area contributed by atoms with Crippen molar-refractivity contribution in [2.45, 2.75) is 32.2 Å². The van der Waals surface area contributed by atoms with Gasteiger partial charge in [-0.05, 0) is 47.0 Å². The molecule has 2 N–H and O–H groups in total. The van der Waals surface area contributed by atoms with Crippen LogP contribution in [-0.2, 0) is 22.3 Å². The predicted molar refractivity (Wildman–Crippen MR) is 100 cm³/mol. The molecule has 0 aliphatic heterocycles. The van der Waals surface area contributed by atoms with Crippen molar-refractivity contribution in [1.29, 1.82) is 0 Å². The summed E-state index contributed by atoms with van der Waals surface area (Å²) in [6, 6.07) is 8.66. The lowest BCUT2D eigenvalue weighted by Crippen LogP contribution is -2.32. The number of nitrogens with one attached hydrogen (secondary N) is 2. The third kappa shape index (κ3) is 6.22. The van der Waals surface area contributed by atoms with Crippen LogP contribution in [0.4, 0.5) is 0 Å². The third-order valence-corrected chi connectivity index (χ3v) is 5.24. The molecule has 0 saturated carbocycles. The largest absolute Gasteiger partial charge is 0.348 e. The van der Waals surface area contributed by atoms with Crippen molar-refractivity contribution in [3.05, 3.63) is 63.9 Å². The minimum Gasteiger partial charge on any atom is -0.348 e. The van der Waals surface area contributed by atoms with Crippen LogP contribution >= 0.6 is 15.9 Å². The lowest BCUT2D eigenvalue weighted by molar-refractivity contribution is 0.0950. The Balaban J connectivity index is 2.09. The highest BCUT2D eigenvalue weighted by Gasteiger charge is 2.16. The first-order valence-corrected chi connectivity index (χ1v) is 10.2. The van der Waals surface area contributed by atoms with Gasteiger partial charge in [0.25, 0.3) is 5.91 Å². The van der Waals surface area contributed by atoms with Crippen molar-refractivity contribution in [3.63, 3.8) is 0 Å². The first-order valence-electron chi connectivity index (χ1n) is 7.72. The molecule has 1 aromatic heterocycles. The Bertz CT molecular complexity index is 854. The molecule has 1 amide bonds. The number of amides is 1. The first kappa shape index (κ1) is 19.6. The van der Waals surface area contributed by atoms with Gasteiger partial charge in [0.05, 0.1) is 11.3 Å². The smallest absolute Gasteiger partial charge is 0.253 e. The van der Waals surface area contributed by atoms with Crippen molar-refractivity contribution in [1.82, 2.24) is 15.0 Å². The minimum atomic E-state index is -3.43. The number of carbonyl (C=O) groups excluding carboxylic acids is 1. The second kappa shape index (κ2) is 8.55. The van der Waals surface area contributed by atoms with E-state index in [4.69, 9.17) is 0 Å². The Kier molecular flexibility index (Phi) is 6.69. The topological polar surface area (TPSA) is 88.2 Å². The third-order valence-electron chi connectivity index (χ3n) is 3.29. The van der Waals surface area contributed by atoms with Gasteiger partial charge in [0.2, 0.25) is 10.0 Å². The molecule has 1 heterocycles. The molecule has 0 fully saturated rings. The molecule has 0 aliphatic carbocycles. The Morgan fingerprint density at radius 2 is 1.88 bits per heavy atom. The van der Waals surface area contributed by atoms with Gasteiger partial charge in [-0.1, -0.05) is 24.3 Å². The van der Waals surface area contributed by atoms with Crippen LogP contribution < -0.4 is 10.0 Å². The SMILES string of the molecule is CC(C)NS(=O)(=O)Cc1ccccc1CNC(=O)c1cncc(Br)c1. The molecule has 2 aromatic rings. The van der Waals surface area contributed by atoms with Crippen LogP contribution in [0.2, 0.25) is 0 Å². The van der Waals surface area contributed by atoms with Gasteiger partial charge in [-0.3, -0.25) is 9.78 Å². The summed E-state index contributed by atoms with van der Waals surface area (Å²) < 4.78 is 27.6. The summed E-state index contributed by atoms with van der Waals surface area (Å²) in [5.74, 6) is -0.401. The molecule has 8 heteroatoms. The number of rotatable bonds is 7. The quantitative estimate of drug-likeness (QED) is 0.713. The zero-order valence-corrected chi connectivity index (χ0v) is 16.4. The van der Waals surface area contributed by atoms with Crippen molar-refractivity contribution in [2.75, 3.05) is 0 Å².